The highest BCUT2D eigenvalue weighted by atomic mass is 32.2. The first kappa shape index (κ1) is 54.0. The highest BCUT2D eigenvalue weighted by molar-refractivity contribution is 7.92. The molecule has 2 N–H and O–H groups in total. The molecule has 0 aliphatic carbocycles. The first-order valence-corrected chi connectivity index (χ1v) is 25.1. The first-order chi connectivity index (χ1) is 31.7. The average Bonchev–Trinajstić information content (AvgIpc) is 3.29. The second-order valence-electron chi connectivity index (χ2n) is 15.4. The molecule has 18 nitrogen and oxygen atoms in total. The highest BCUT2D eigenvalue weighted by Crippen LogP contribution is 2.23. The second kappa shape index (κ2) is 28.5. The molecule has 2 amide bonds. The molecule has 0 radical (unpaired) electrons. The van der Waals surface area contributed by atoms with Gasteiger partial charge in [-0.1, -0.05) is 47.5 Å². The highest BCUT2D eigenvalue weighted by Gasteiger charge is 2.33. The molecule has 3 aromatic carbocycles. The number of rotatable bonds is 14. The summed E-state index contributed by atoms with van der Waals surface area (Å²) in [6, 6.07) is 15.8. The number of amides is 2. The molecule has 0 spiro atoms. The molecule has 1 aliphatic heterocycles. The standard InChI is InChI=1S/C46H62N2O16S2/c1-35-3-11-40(12-4-35)65(54,55)33-39(34-66(56,57)41-13-5-36(2)6-14-41)44(51)37-7-9-38(10-8-37)45(52)47-42(15-16-43(49)50)46(53)48-17-19-58-21-23-60-25-27-62-29-31-64-32-30-63-28-26-61-24-22-59-20-18-48/h3-14,39,42H,15-34H2,1-2H3,(H,47,52)(H,49,50)/t42-/m1/s1. The van der Waals surface area contributed by atoms with Crippen molar-refractivity contribution in [3.05, 3.63) is 95.1 Å². The van der Waals surface area contributed by atoms with E-state index in [9.17, 15) is 41.1 Å². The van der Waals surface area contributed by atoms with E-state index in [4.69, 9.17) is 33.2 Å². The number of carboxylic acid groups (broad SMARTS) is 1. The van der Waals surface area contributed by atoms with Gasteiger partial charge in [-0.15, -0.1) is 0 Å². The lowest BCUT2D eigenvalue weighted by atomic mass is 9.99. The molecule has 66 heavy (non-hydrogen) atoms. The minimum Gasteiger partial charge on any atom is -0.481 e. The molecule has 1 saturated heterocycles. The van der Waals surface area contributed by atoms with Crippen LogP contribution in [-0.2, 0) is 62.4 Å². The SMILES string of the molecule is Cc1ccc(S(=O)(=O)CC(CS(=O)(=O)c2ccc(C)cc2)C(=O)c2ccc(C(=O)N[C@H](CCC(=O)O)C(=O)N3CCOCCOCCOCCOCCOCCOCCOCC3)cc2)cc1. The van der Waals surface area contributed by atoms with Crippen LogP contribution in [0.5, 0.6) is 0 Å². The number of hydrogen-bond acceptors (Lipinski definition) is 15. The van der Waals surface area contributed by atoms with E-state index in [1.165, 1.54) is 53.4 Å². The summed E-state index contributed by atoms with van der Waals surface area (Å²) in [5.41, 5.74) is 1.57. The maximum absolute atomic E-state index is 14.1. The van der Waals surface area contributed by atoms with Gasteiger partial charge in [0.05, 0.1) is 120 Å². The fraction of sp³-hybridized carbons (Fsp3) is 0.522. The van der Waals surface area contributed by atoms with E-state index >= 15 is 0 Å². The van der Waals surface area contributed by atoms with Crippen molar-refractivity contribution in [2.24, 2.45) is 5.92 Å². The monoisotopic (exact) mass is 962 g/mol. The van der Waals surface area contributed by atoms with Crippen LogP contribution in [0.4, 0.5) is 0 Å². The Hall–Kier alpha value is -4.64. The Morgan fingerprint density at radius 1 is 0.545 bits per heavy atom. The van der Waals surface area contributed by atoms with Crippen LogP contribution in [0.25, 0.3) is 0 Å². The molecule has 4 rings (SSSR count). The van der Waals surface area contributed by atoms with Crippen molar-refractivity contribution in [2.45, 2.75) is 42.5 Å². The van der Waals surface area contributed by atoms with Gasteiger partial charge in [0.2, 0.25) is 5.91 Å². The van der Waals surface area contributed by atoms with Gasteiger partial charge in [0.1, 0.15) is 6.04 Å². The number of aryl methyl sites for hydroxylation is 2. The molecule has 1 fully saturated rings. The Morgan fingerprint density at radius 3 is 1.26 bits per heavy atom. The molecular weight excluding hydrogens is 901 g/mol. The summed E-state index contributed by atoms with van der Waals surface area (Å²) in [5, 5.41) is 12.2. The number of carboxylic acids is 1. The molecule has 0 saturated carbocycles. The Kier molecular flexibility index (Phi) is 23.3. The van der Waals surface area contributed by atoms with Gasteiger partial charge in [0, 0.05) is 30.6 Å². The van der Waals surface area contributed by atoms with Crippen LogP contribution in [0.2, 0.25) is 0 Å². The third-order valence-corrected chi connectivity index (χ3v) is 13.9. The number of ether oxygens (including phenoxy) is 7. The van der Waals surface area contributed by atoms with E-state index in [-0.39, 0.29) is 80.1 Å². The van der Waals surface area contributed by atoms with Crippen molar-refractivity contribution in [3.8, 4) is 0 Å². The molecule has 364 valence electrons. The number of carbonyl (C=O) groups excluding carboxylic acids is 3. The molecule has 0 unspecified atom stereocenters. The van der Waals surface area contributed by atoms with Crippen LogP contribution in [0.1, 0.15) is 44.7 Å². The van der Waals surface area contributed by atoms with E-state index in [2.05, 4.69) is 5.32 Å². The van der Waals surface area contributed by atoms with Crippen molar-refractivity contribution < 1.29 is 74.3 Å². The van der Waals surface area contributed by atoms with Crippen LogP contribution in [0.15, 0.2) is 82.6 Å². The molecule has 1 aliphatic rings. The van der Waals surface area contributed by atoms with Crippen molar-refractivity contribution >= 4 is 43.2 Å². The van der Waals surface area contributed by atoms with Crippen molar-refractivity contribution in [1.29, 1.82) is 0 Å². The van der Waals surface area contributed by atoms with Crippen LogP contribution < -0.4 is 5.32 Å². The van der Waals surface area contributed by atoms with Gasteiger partial charge in [-0.3, -0.25) is 19.2 Å². The first-order valence-electron chi connectivity index (χ1n) is 21.7. The average molecular weight is 963 g/mol. The zero-order valence-corrected chi connectivity index (χ0v) is 39.2. The largest absolute Gasteiger partial charge is 0.481 e. The Morgan fingerprint density at radius 2 is 0.894 bits per heavy atom. The molecular formula is C46H62N2O16S2. The van der Waals surface area contributed by atoms with Gasteiger partial charge in [0.15, 0.2) is 25.5 Å². The fourth-order valence-electron chi connectivity index (χ4n) is 6.52. The summed E-state index contributed by atoms with van der Waals surface area (Å²) in [6.45, 7) is 8.01. The van der Waals surface area contributed by atoms with Gasteiger partial charge in [-0.25, -0.2) is 16.8 Å². The lowest BCUT2D eigenvalue weighted by Crippen LogP contribution is -2.50. The number of nitrogens with one attached hydrogen (secondary N) is 1. The maximum atomic E-state index is 14.1. The Balaban J connectivity index is 1.47. The summed E-state index contributed by atoms with van der Waals surface area (Å²) in [5.74, 6) is -6.42. The van der Waals surface area contributed by atoms with E-state index < -0.39 is 73.1 Å². The molecule has 0 bridgehead atoms. The minimum atomic E-state index is -4.15. The van der Waals surface area contributed by atoms with Crippen molar-refractivity contribution in [1.82, 2.24) is 10.2 Å². The summed E-state index contributed by atoms with van der Waals surface area (Å²) >= 11 is 0. The number of benzene rings is 3. The number of nitrogens with zero attached hydrogens (tertiary/aromatic N) is 1. The number of sulfone groups is 2. The third kappa shape index (κ3) is 19.3. The lowest BCUT2D eigenvalue weighted by molar-refractivity contribution is -0.138. The van der Waals surface area contributed by atoms with Crippen LogP contribution in [0, 0.1) is 19.8 Å². The van der Waals surface area contributed by atoms with E-state index in [1.807, 2.05) is 0 Å². The second-order valence-corrected chi connectivity index (χ2v) is 19.5. The maximum Gasteiger partial charge on any atom is 0.303 e. The quantitative estimate of drug-likeness (QED) is 0.221. The molecule has 3 aromatic rings. The zero-order valence-electron chi connectivity index (χ0n) is 37.6. The third-order valence-electron chi connectivity index (χ3n) is 10.2. The molecule has 20 heteroatoms. The summed E-state index contributed by atoms with van der Waals surface area (Å²) in [6.07, 6.45) is -0.697. The van der Waals surface area contributed by atoms with Crippen LogP contribution in [-0.4, -0.2) is 174 Å². The van der Waals surface area contributed by atoms with E-state index in [0.29, 0.717) is 52.9 Å². The number of carbonyl (C=O) groups is 4. The van der Waals surface area contributed by atoms with Crippen LogP contribution in [0.3, 0.4) is 0 Å². The lowest BCUT2D eigenvalue weighted by Gasteiger charge is -2.28. The molecule has 1 atom stereocenters. The van der Waals surface area contributed by atoms with Gasteiger partial charge < -0.3 is 48.5 Å². The minimum absolute atomic E-state index is 0.00436. The smallest absolute Gasteiger partial charge is 0.303 e. The number of Topliss-reactive ketones (excluding diaryl/α,β-unsaturated/α-hetero) is 1. The van der Waals surface area contributed by atoms with E-state index in [0.717, 1.165) is 11.1 Å². The van der Waals surface area contributed by atoms with Gasteiger partial charge in [-0.2, -0.15) is 0 Å². The van der Waals surface area contributed by atoms with Gasteiger partial charge in [-0.05, 0) is 56.7 Å². The number of hydrogen-bond donors (Lipinski definition) is 2. The summed E-state index contributed by atoms with van der Waals surface area (Å²) in [7, 11) is -8.29. The zero-order chi connectivity index (χ0) is 47.8. The van der Waals surface area contributed by atoms with Gasteiger partial charge >= 0.3 is 5.97 Å². The molecule has 1 heterocycles. The topological polar surface area (TPSA) is 237 Å². The van der Waals surface area contributed by atoms with Crippen LogP contribution >= 0.6 is 0 Å². The summed E-state index contributed by atoms with van der Waals surface area (Å²) < 4.78 is 93.3. The summed E-state index contributed by atoms with van der Waals surface area (Å²) in [4.78, 5) is 54.7. The van der Waals surface area contributed by atoms with Gasteiger partial charge in [0.25, 0.3) is 5.91 Å². The number of ketones is 1. The number of aliphatic carboxylic acids is 1. The predicted molar refractivity (Wildman–Crippen MR) is 241 cm³/mol. The Bertz CT molecular complexity index is 2080. The fourth-order valence-corrected chi connectivity index (χ4v) is 9.76. The van der Waals surface area contributed by atoms with E-state index in [1.54, 1.807) is 38.1 Å². The predicted octanol–water partition coefficient (Wildman–Crippen LogP) is 2.97. The Labute approximate surface area is 387 Å². The van der Waals surface area contributed by atoms with Crippen molar-refractivity contribution in [2.75, 3.05) is 117 Å². The van der Waals surface area contributed by atoms with Crippen molar-refractivity contribution in [3.63, 3.8) is 0 Å². The normalized spacial score (nSPS) is 17.0. The molecule has 0 aromatic heterocycles.